The summed E-state index contributed by atoms with van der Waals surface area (Å²) < 4.78 is 0. The molecule has 0 spiro atoms. The minimum absolute atomic E-state index is 0.0839. The molecule has 0 aromatic carbocycles. The van der Waals surface area contributed by atoms with Crippen molar-refractivity contribution in [3.05, 3.63) is 0 Å². The van der Waals surface area contributed by atoms with Gasteiger partial charge in [-0.05, 0) is 5.92 Å². The van der Waals surface area contributed by atoms with Crippen LogP contribution in [0.1, 0.15) is 20.3 Å². The summed E-state index contributed by atoms with van der Waals surface area (Å²) in [5.41, 5.74) is 0. The third-order valence-corrected chi connectivity index (χ3v) is 1.84. The van der Waals surface area contributed by atoms with Crippen LogP contribution in [0.2, 0.25) is 0 Å². The zero-order valence-electron chi connectivity index (χ0n) is 10.4. The summed E-state index contributed by atoms with van der Waals surface area (Å²) in [5, 5.41) is 16.3. The van der Waals surface area contributed by atoms with Crippen LogP contribution in [0.5, 0.6) is 0 Å². The molecule has 0 unspecified atom stereocenters. The highest BCUT2D eigenvalue weighted by atomic mass is 16.2. The maximum Gasteiger partial charge on any atom is 0.234 e. The van der Waals surface area contributed by atoms with Gasteiger partial charge in [-0.3, -0.25) is 14.9 Å². The summed E-state index contributed by atoms with van der Waals surface area (Å²) in [4.78, 5) is 22.4. The summed E-state index contributed by atoms with van der Waals surface area (Å²) in [6.45, 7) is 5.21. The topological polar surface area (TPSA) is 94.0 Å². The number of hydrogen-bond acceptors (Lipinski definition) is 4. The molecule has 0 aliphatic carbocycles. The summed E-state index contributed by atoms with van der Waals surface area (Å²) in [7, 11) is 0. The average molecular weight is 240 g/mol. The Labute approximate surface area is 102 Å². The third kappa shape index (κ3) is 10.7. The average Bonchev–Trinajstić information content (AvgIpc) is 2.27. The van der Waals surface area contributed by atoms with Gasteiger partial charge in [0.2, 0.25) is 11.8 Å². The summed E-state index contributed by atoms with van der Waals surface area (Å²) >= 11 is 0. The number of rotatable bonds is 8. The molecular weight excluding hydrogens is 220 g/mol. The van der Waals surface area contributed by atoms with E-state index in [1.165, 1.54) is 0 Å². The minimum atomic E-state index is -0.211. The van der Waals surface area contributed by atoms with Gasteiger partial charge in [0.15, 0.2) is 0 Å². The number of nitrogens with one attached hydrogen (secondary N) is 3. The van der Waals surface area contributed by atoms with Crippen LogP contribution in [0.4, 0.5) is 0 Å². The molecule has 0 heterocycles. The van der Waals surface area contributed by atoms with E-state index in [1.807, 2.05) is 19.9 Å². The van der Waals surface area contributed by atoms with Crippen molar-refractivity contribution in [3.63, 3.8) is 0 Å². The molecule has 0 aromatic rings. The fraction of sp³-hybridized carbons (Fsp3) is 0.727. The van der Waals surface area contributed by atoms with E-state index >= 15 is 0 Å². The fourth-order valence-electron chi connectivity index (χ4n) is 0.990. The van der Waals surface area contributed by atoms with Crippen molar-refractivity contribution >= 4 is 11.8 Å². The van der Waals surface area contributed by atoms with Crippen molar-refractivity contribution in [1.82, 2.24) is 16.0 Å². The molecule has 0 saturated carbocycles. The lowest BCUT2D eigenvalue weighted by atomic mass is 10.2. The van der Waals surface area contributed by atoms with Crippen molar-refractivity contribution in [1.29, 1.82) is 5.26 Å². The van der Waals surface area contributed by atoms with Gasteiger partial charge in [0.05, 0.1) is 25.6 Å². The van der Waals surface area contributed by atoms with Crippen molar-refractivity contribution in [3.8, 4) is 6.07 Å². The Morgan fingerprint density at radius 3 is 2.29 bits per heavy atom. The molecule has 3 N–H and O–H groups in total. The predicted octanol–water partition coefficient (Wildman–Crippen LogP) is -0.622. The Morgan fingerprint density at radius 1 is 1.18 bits per heavy atom. The zero-order chi connectivity index (χ0) is 13.1. The van der Waals surface area contributed by atoms with Crippen molar-refractivity contribution < 1.29 is 9.59 Å². The Balaban J connectivity index is 3.46. The van der Waals surface area contributed by atoms with E-state index < -0.39 is 0 Å². The molecular formula is C11H20N4O2. The molecule has 0 aliphatic rings. The molecule has 0 rings (SSSR count). The van der Waals surface area contributed by atoms with Gasteiger partial charge in [-0.15, -0.1) is 0 Å². The molecule has 2 amide bonds. The first-order valence-corrected chi connectivity index (χ1v) is 5.67. The molecule has 96 valence electrons. The van der Waals surface area contributed by atoms with Crippen molar-refractivity contribution in [2.45, 2.75) is 20.3 Å². The van der Waals surface area contributed by atoms with Crippen LogP contribution >= 0.6 is 0 Å². The maximum absolute atomic E-state index is 11.2. The first kappa shape index (κ1) is 15.4. The summed E-state index contributed by atoms with van der Waals surface area (Å²) in [6, 6.07) is 1.93. The first-order valence-electron chi connectivity index (χ1n) is 5.67. The number of nitrogens with zero attached hydrogens (tertiary/aromatic N) is 1. The van der Waals surface area contributed by atoms with E-state index in [1.54, 1.807) is 0 Å². The molecule has 6 heteroatoms. The van der Waals surface area contributed by atoms with Crippen LogP contribution in [0, 0.1) is 17.2 Å². The molecule has 0 bridgehead atoms. The van der Waals surface area contributed by atoms with Gasteiger partial charge in [0.25, 0.3) is 0 Å². The molecule has 0 radical (unpaired) electrons. The van der Waals surface area contributed by atoms with Crippen LogP contribution in [0.3, 0.4) is 0 Å². The quantitative estimate of drug-likeness (QED) is 0.493. The Morgan fingerprint density at radius 2 is 1.76 bits per heavy atom. The van der Waals surface area contributed by atoms with Gasteiger partial charge < -0.3 is 10.6 Å². The zero-order valence-corrected chi connectivity index (χ0v) is 10.4. The highest BCUT2D eigenvalue weighted by molar-refractivity contribution is 5.81. The van der Waals surface area contributed by atoms with Crippen LogP contribution in [-0.4, -0.2) is 38.0 Å². The molecule has 0 atom stereocenters. The van der Waals surface area contributed by atoms with E-state index in [2.05, 4.69) is 16.0 Å². The van der Waals surface area contributed by atoms with Crippen LogP contribution in [0.15, 0.2) is 0 Å². The molecule has 17 heavy (non-hydrogen) atoms. The van der Waals surface area contributed by atoms with Gasteiger partial charge >= 0.3 is 0 Å². The number of hydrogen-bond donors (Lipinski definition) is 3. The number of nitriles is 1. The highest BCUT2D eigenvalue weighted by Crippen LogP contribution is 1.86. The number of carbonyl (C=O) groups is 2. The largest absolute Gasteiger partial charge is 0.355 e. The SMILES string of the molecule is CC(C)CNC(=O)CNCC(=O)NCCC#N. The Hall–Kier alpha value is -1.61. The van der Waals surface area contributed by atoms with Gasteiger partial charge in [-0.2, -0.15) is 5.26 Å². The molecule has 0 saturated heterocycles. The molecule has 0 aliphatic heterocycles. The maximum atomic E-state index is 11.2. The summed E-state index contributed by atoms with van der Waals surface area (Å²) in [6.07, 6.45) is 0.292. The lowest BCUT2D eigenvalue weighted by molar-refractivity contribution is -0.121. The lowest BCUT2D eigenvalue weighted by Gasteiger charge is -2.08. The van der Waals surface area contributed by atoms with Crippen LogP contribution in [-0.2, 0) is 9.59 Å². The van der Waals surface area contributed by atoms with E-state index in [0.717, 1.165) is 0 Å². The normalized spacial score (nSPS) is 9.76. The van der Waals surface area contributed by atoms with E-state index in [4.69, 9.17) is 5.26 Å². The Bertz CT molecular complexity index is 284. The molecule has 6 nitrogen and oxygen atoms in total. The second-order valence-electron chi connectivity index (χ2n) is 4.06. The van der Waals surface area contributed by atoms with E-state index in [0.29, 0.717) is 25.4 Å². The van der Waals surface area contributed by atoms with Gasteiger partial charge in [-0.1, -0.05) is 13.8 Å². The third-order valence-electron chi connectivity index (χ3n) is 1.84. The summed E-state index contributed by atoms with van der Waals surface area (Å²) in [5.74, 6) is 0.0775. The van der Waals surface area contributed by atoms with Crippen LogP contribution < -0.4 is 16.0 Å². The second-order valence-corrected chi connectivity index (χ2v) is 4.06. The standard InChI is InChI=1S/C11H20N4O2/c1-9(2)6-15-11(17)8-13-7-10(16)14-5-3-4-12/h9,13H,3,5-8H2,1-2H3,(H,14,16)(H,15,17). The van der Waals surface area contributed by atoms with Gasteiger partial charge in [0, 0.05) is 13.1 Å². The Kier molecular flexibility index (Phi) is 8.69. The van der Waals surface area contributed by atoms with Crippen LogP contribution in [0.25, 0.3) is 0 Å². The van der Waals surface area contributed by atoms with Gasteiger partial charge in [-0.25, -0.2) is 0 Å². The first-order chi connectivity index (χ1) is 8.06. The number of amides is 2. The minimum Gasteiger partial charge on any atom is -0.355 e. The van der Waals surface area contributed by atoms with Gasteiger partial charge in [0.1, 0.15) is 0 Å². The number of carbonyl (C=O) groups excluding carboxylic acids is 2. The monoisotopic (exact) mass is 240 g/mol. The smallest absolute Gasteiger partial charge is 0.234 e. The highest BCUT2D eigenvalue weighted by Gasteiger charge is 2.04. The van der Waals surface area contributed by atoms with E-state index in [9.17, 15) is 9.59 Å². The lowest BCUT2D eigenvalue weighted by Crippen LogP contribution is -2.40. The molecule has 0 aromatic heterocycles. The molecule has 0 fully saturated rings. The second kappa shape index (κ2) is 9.60. The van der Waals surface area contributed by atoms with Crippen molar-refractivity contribution in [2.75, 3.05) is 26.2 Å². The van der Waals surface area contributed by atoms with E-state index in [-0.39, 0.29) is 24.9 Å². The van der Waals surface area contributed by atoms with Crippen molar-refractivity contribution in [2.24, 2.45) is 5.92 Å². The predicted molar refractivity (Wildman–Crippen MR) is 64.0 cm³/mol. The fourth-order valence-corrected chi connectivity index (χ4v) is 0.990.